The number of methoxy groups -OCH3 is 1. The Kier molecular flexibility index (Phi) is 3.75. The van der Waals surface area contributed by atoms with Crippen molar-refractivity contribution in [2.75, 3.05) is 11.7 Å². The SMILES string of the molecule is COc1cccc(N(C(C)=O)[Si](C)(C)C)c1. The molecule has 0 aromatic heterocycles. The molecule has 0 N–H and O–H groups in total. The average Bonchev–Trinajstić information content (AvgIpc) is 2.15. The molecule has 0 aliphatic carbocycles. The van der Waals surface area contributed by atoms with Gasteiger partial charge < -0.3 is 9.30 Å². The highest BCUT2D eigenvalue weighted by Crippen LogP contribution is 2.25. The Balaban J connectivity index is 3.16. The summed E-state index contributed by atoms with van der Waals surface area (Å²) in [6.45, 7) is 8.05. The smallest absolute Gasteiger partial charge is 0.215 e. The van der Waals surface area contributed by atoms with Gasteiger partial charge in [0.25, 0.3) is 0 Å². The van der Waals surface area contributed by atoms with Crippen molar-refractivity contribution < 1.29 is 9.53 Å². The van der Waals surface area contributed by atoms with E-state index >= 15 is 0 Å². The molecule has 0 heterocycles. The first-order chi connectivity index (χ1) is 7.36. The van der Waals surface area contributed by atoms with Crippen molar-refractivity contribution in [1.29, 1.82) is 0 Å². The minimum absolute atomic E-state index is 0.0902. The van der Waals surface area contributed by atoms with Crippen LogP contribution in [0.2, 0.25) is 19.6 Å². The lowest BCUT2D eigenvalue weighted by atomic mass is 10.3. The standard InChI is InChI=1S/C12H19NO2Si/c1-10(14)13(16(3,4)5)11-7-6-8-12(9-11)15-2/h6-9H,1-5H3. The summed E-state index contributed by atoms with van der Waals surface area (Å²) in [5, 5.41) is 0. The number of rotatable bonds is 3. The number of benzene rings is 1. The third kappa shape index (κ3) is 2.85. The van der Waals surface area contributed by atoms with Crippen molar-refractivity contribution in [3.63, 3.8) is 0 Å². The Morgan fingerprint density at radius 2 is 1.94 bits per heavy atom. The van der Waals surface area contributed by atoms with Crippen molar-refractivity contribution in [3.8, 4) is 5.75 Å². The number of anilines is 1. The maximum atomic E-state index is 11.7. The second kappa shape index (κ2) is 4.70. The van der Waals surface area contributed by atoms with Gasteiger partial charge in [0.15, 0.2) is 8.24 Å². The molecule has 1 rings (SSSR count). The molecule has 88 valence electrons. The van der Waals surface area contributed by atoms with Crippen LogP contribution < -0.4 is 9.30 Å². The molecule has 0 radical (unpaired) electrons. The summed E-state index contributed by atoms with van der Waals surface area (Å²) in [4.78, 5) is 11.7. The quantitative estimate of drug-likeness (QED) is 0.757. The highest BCUT2D eigenvalue weighted by molar-refractivity contribution is 6.83. The van der Waals surface area contributed by atoms with Crippen LogP contribution in [0, 0.1) is 0 Å². The fourth-order valence-electron chi connectivity index (χ4n) is 1.79. The number of carbonyl (C=O) groups excluding carboxylic acids is 1. The van der Waals surface area contributed by atoms with Crippen LogP contribution in [0.5, 0.6) is 5.75 Å². The van der Waals surface area contributed by atoms with Gasteiger partial charge in [0.1, 0.15) is 5.75 Å². The minimum Gasteiger partial charge on any atom is -0.497 e. The van der Waals surface area contributed by atoms with Crippen LogP contribution in [-0.4, -0.2) is 21.3 Å². The van der Waals surface area contributed by atoms with E-state index in [2.05, 4.69) is 19.6 Å². The second-order valence-corrected chi connectivity index (χ2v) is 9.52. The third-order valence-electron chi connectivity index (χ3n) is 2.30. The van der Waals surface area contributed by atoms with E-state index in [9.17, 15) is 4.79 Å². The van der Waals surface area contributed by atoms with Crippen LogP contribution in [0.15, 0.2) is 24.3 Å². The molecule has 0 bridgehead atoms. The molecular formula is C12H19NO2Si. The molecule has 0 aliphatic heterocycles. The summed E-state index contributed by atoms with van der Waals surface area (Å²) in [6, 6.07) is 7.64. The van der Waals surface area contributed by atoms with Gasteiger partial charge in [-0.2, -0.15) is 0 Å². The number of hydrogen-bond acceptors (Lipinski definition) is 2. The predicted octanol–water partition coefficient (Wildman–Crippen LogP) is 2.88. The van der Waals surface area contributed by atoms with Gasteiger partial charge in [-0.15, -0.1) is 0 Å². The topological polar surface area (TPSA) is 29.5 Å². The molecule has 3 nitrogen and oxygen atoms in total. The zero-order chi connectivity index (χ0) is 12.3. The summed E-state index contributed by atoms with van der Waals surface area (Å²) in [5.74, 6) is 0.870. The fourth-order valence-corrected chi connectivity index (χ4v) is 3.65. The molecule has 0 spiro atoms. The first-order valence-corrected chi connectivity index (χ1v) is 8.76. The van der Waals surface area contributed by atoms with Crippen LogP contribution in [0.25, 0.3) is 0 Å². The van der Waals surface area contributed by atoms with Gasteiger partial charge in [0, 0.05) is 18.7 Å². The zero-order valence-corrected chi connectivity index (χ0v) is 11.6. The maximum Gasteiger partial charge on any atom is 0.215 e. The van der Waals surface area contributed by atoms with Crippen molar-refractivity contribution in [1.82, 2.24) is 0 Å². The number of amides is 1. The van der Waals surface area contributed by atoms with E-state index in [0.29, 0.717) is 0 Å². The van der Waals surface area contributed by atoms with Crippen molar-refractivity contribution in [3.05, 3.63) is 24.3 Å². The second-order valence-electron chi connectivity index (χ2n) is 4.73. The lowest BCUT2D eigenvalue weighted by Gasteiger charge is -2.33. The van der Waals surface area contributed by atoms with Crippen LogP contribution in [-0.2, 0) is 4.79 Å². The predicted molar refractivity (Wildman–Crippen MR) is 69.5 cm³/mol. The average molecular weight is 237 g/mol. The fraction of sp³-hybridized carbons (Fsp3) is 0.417. The van der Waals surface area contributed by atoms with Gasteiger partial charge in [-0.1, -0.05) is 25.7 Å². The van der Waals surface area contributed by atoms with Crippen molar-refractivity contribution in [2.24, 2.45) is 0 Å². The number of hydrogen-bond donors (Lipinski definition) is 0. The number of nitrogens with zero attached hydrogens (tertiary/aromatic N) is 1. The van der Waals surface area contributed by atoms with Crippen molar-refractivity contribution >= 4 is 19.8 Å². The molecule has 4 heteroatoms. The first kappa shape index (κ1) is 12.8. The number of carbonyl (C=O) groups is 1. The molecule has 1 amide bonds. The molecule has 0 fully saturated rings. The molecule has 0 saturated carbocycles. The lowest BCUT2D eigenvalue weighted by molar-refractivity contribution is -0.115. The molecule has 1 aromatic carbocycles. The van der Waals surface area contributed by atoms with E-state index < -0.39 is 8.24 Å². The van der Waals surface area contributed by atoms with Crippen LogP contribution >= 0.6 is 0 Å². The van der Waals surface area contributed by atoms with Gasteiger partial charge in [0.05, 0.1) is 7.11 Å². The zero-order valence-electron chi connectivity index (χ0n) is 10.6. The number of ether oxygens (including phenoxy) is 1. The molecule has 0 aliphatic rings. The van der Waals surface area contributed by atoms with Gasteiger partial charge in [-0.3, -0.25) is 4.79 Å². The van der Waals surface area contributed by atoms with E-state index in [1.807, 2.05) is 28.8 Å². The molecule has 0 unspecified atom stereocenters. The van der Waals surface area contributed by atoms with E-state index in [-0.39, 0.29) is 5.91 Å². The highest BCUT2D eigenvalue weighted by atomic mass is 28.3. The van der Waals surface area contributed by atoms with Gasteiger partial charge in [-0.25, -0.2) is 0 Å². The molecule has 0 saturated heterocycles. The van der Waals surface area contributed by atoms with E-state index in [1.54, 1.807) is 14.0 Å². The van der Waals surface area contributed by atoms with Crippen LogP contribution in [0.1, 0.15) is 6.92 Å². The van der Waals surface area contributed by atoms with Crippen LogP contribution in [0.4, 0.5) is 5.69 Å². The Morgan fingerprint density at radius 1 is 1.31 bits per heavy atom. The summed E-state index contributed by atoms with van der Waals surface area (Å²) < 4.78 is 7.07. The van der Waals surface area contributed by atoms with E-state index in [0.717, 1.165) is 11.4 Å². The largest absolute Gasteiger partial charge is 0.497 e. The minimum atomic E-state index is -1.70. The monoisotopic (exact) mass is 237 g/mol. The molecule has 1 aromatic rings. The van der Waals surface area contributed by atoms with E-state index in [1.165, 1.54) is 0 Å². The maximum absolute atomic E-state index is 11.7. The first-order valence-electron chi connectivity index (χ1n) is 5.31. The lowest BCUT2D eigenvalue weighted by Crippen LogP contribution is -2.49. The third-order valence-corrected chi connectivity index (χ3v) is 4.21. The summed E-state index contributed by atoms with van der Waals surface area (Å²) in [6.07, 6.45) is 0. The Morgan fingerprint density at radius 3 is 2.38 bits per heavy atom. The van der Waals surface area contributed by atoms with Gasteiger partial charge >= 0.3 is 0 Å². The Bertz CT molecular complexity index is 385. The van der Waals surface area contributed by atoms with Crippen LogP contribution in [0.3, 0.4) is 0 Å². The molecule has 0 atom stereocenters. The van der Waals surface area contributed by atoms with Crippen molar-refractivity contribution in [2.45, 2.75) is 26.6 Å². The normalized spacial score (nSPS) is 11.1. The Labute approximate surface area is 98.1 Å². The van der Waals surface area contributed by atoms with E-state index in [4.69, 9.17) is 4.74 Å². The van der Waals surface area contributed by atoms with Gasteiger partial charge in [0.2, 0.25) is 5.91 Å². The molecular weight excluding hydrogens is 218 g/mol. The summed E-state index contributed by atoms with van der Waals surface area (Å²) >= 11 is 0. The molecule has 16 heavy (non-hydrogen) atoms. The highest BCUT2D eigenvalue weighted by Gasteiger charge is 2.27. The summed E-state index contributed by atoms with van der Waals surface area (Å²) in [7, 11) is -0.0673. The Hall–Kier alpha value is -1.29. The van der Waals surface area contributed by atoms with Gasteiger partial charge in [-0.05, 0) is 12.1 Å². The summed E-state index contributed by atoms with van der Waals surface area (Å²) in [5.41, 5.74) is 0.922.